The van der Waals surface area contributed by atoms with Gasteiger partial charge in [-0.05, 0) is 60.5 Å². The number of carbonyl (C=O) groups is 2. The number of benzene rings is 2. The molecule has 0 spiro atoms. The number of rotatable bonds is 5. The Morgan fingerprint density at radius 3 is 2.59 bits per heavy atom. The summed E-state index contributed by atoms with van der Waals surface area (Å²) in [6.45, 7) is 0.949. The van der Waals surface area contributed by atoms with E-state index in [0.29, 0.717) is 30.0 Å². The van der Waals surface area contributed by atoms with Crippen LogP contribution in [-0.4, -0.2) is 30.5 Å². The first-order valence-corrected chi connectivity index (χ1v) is 9.42. The van der Waals surface area contributed by atoms with Gasteiger partial charge >= 0.3 is 0 Å². The summed E-state index contributed by atoms with van der Waals surface area (Å²) in [5.41, 5.74) is 3.75. The number of carbonyl (C=O) groups excluding carboxylic acids is 2. The van der Waals surface area contributed by atoms with E-state index in [4.69, 9.17) is 4.74 Å². The van der Waals surface area contributed by atoms with Crippen LogP contribution < -0.4 is 15.0 Å². The van der Waals surface area contributed by atoms with Crippen molar-refractivity contribution in [2.75, 3.05) is 18.6 Å². The topological polar surface area (TPSA) is 71.5 Å². The first kappa shape index (κ1) is 18.7. The second-order valence-electron chi connectivity index (χ2n) is 6.78. The zero-order chi connectivity index (χ0) is 20.2. The predicted octanol–water partition coefficient (Wildman–Crippen LogP) is 3.22. The van der Waals surface area contributed by atoms with Gasteiger partial charge < -0.3 is 15.0 Å². The molecule has 1 aromatic heterocycles. The number of pyridine rings is 1. The molecule has 0 bridgehead atoms. The third-order valence-electron chi connectivity index (χ3n) is 4.98. The Kier molecular flexibility index (Phi) is 5.24. The normalized spacial score (nSPS) is 12.4. The van der Waals surface area contributed by atoms with Gasteiger partial charge in [-0.1, -0.05) is 12.1 Å². The minimum Gasteiger partial charge on any atom is -0.497 e. The summed E-state index contributed by atoms with van der Waals surface area (Å²) in [7, 11) is 1.59. The van der Waals surface area contributed by atoms with Gasteiger partial charge in [-0.15, -0.1) is 0 Å². The average Bonchev–Trinajstić information content (AvgIpc) is 3.21. The Morgan fingerprint density at radius 1 is 1.07 bits per heavy atom. The fourth-order valence-electron chi connectivity index (χ4n) is 3.40. The van der Waals surface area contributed by atoms with Crippen LogP contribution in [0.2, 0.25) is 0 Å². The van der Waals surface area contributed by atoms with E-state index < -0.39 is 0 Å². The maximum absolute atomic E-state index is 13.0. The molecule has 6 heteroatoms. The molecular formula is C23H21N3O3. The van der Waals surface area contributed by atoms with Gasteiger partial charge in [-0.3, -0.25) is 14.6 Å². The van der Waals surface area contributed by atoms with E-state index in [1.807, 2.05) is 24.3 Å². The van der Waals surface area contributed by atoms with Crippen molar-refractivity contribution in [3.8, 4) is 5.75 Å². The number of ether oxygens (including phenoxy) is 1. The van der Waals surface area contributed by atoms with E-state index in [9.17, 15) is 9.59 Å². The van der Waals surface area contributed by atoms with Crippen molar-refractivity contribution < 1.29 is 14.3 Å². The number of amides is 2. The number of methoxy groups -OCH3 is 1. The highest BCUT2D eigenvalue weighted by Crippen LogP contribution is 2.30. The van der Waals surface area contributed by atoms with Crippen LogP contribution in [0.3, 0.4) is 0 Å². The van der Waals surface area contributed by atoms with Gasteiger partial charge in [0.1, 0.15) is 5.75 Å². The number of nitrogens with one attached hydrogen (secondary N) is 1. The smallest absolute Gasteiger partial charge is 0.258 e. The lowest BCUT2D eigenvalue weighted by molar-refractivity contribution is 0.0947. The van der Waals surface area contributed by atoms with Gasteiger partial charge in [0, 0.05) is 29.6 Å². The van der Waals surface area contributed by atoms with Gasteiger partial charge in [0.2, 0.25) is 0 Å². The molecule has 0 fully saturated rings. The summed E-state index contributed by atoms with van der Waals surface area (Å²) >= 11 is 0. The van der Waals surface area contributed by atoms with Crippen LogP contribution in [0.1, 0.15) is 32.0 Å². The summed E-state index contributed by atoms with van der Waals surface area (Å²) < 4.78 is 5.15. The zero-order valence-electron chi connectivity index (χ0n) is 16.1. The minimum absolute atomic E-state index is 0.0857. The summed E-state index contributed by atoms with van der Waals surface area (Å²) in [6.07, 6.45) is 2.46. The summed E-state index contributed by atoms with van der Waals surface area (Å²) in [6, 6.07) is 18.1. The molecule has 0 aliphatic carbocycles. The number of aromatic nitrogens is 1. The molecule has 6 nitrogen and oxygen atoms in total. The van der Waals surface area contributed by atoms with Crippen molar-refractivity contribution in [1.29, 1.82) is 0 Å². The highest BCUT2D eigenvalue weighted by Gasteiger charge is 2.26. The highest BCUT2D eigenvalue weighted by atomic mass is 16.5. The SMILES string of the molecule is COc1ccc(C(=O)N2CCc3ccc(C(=O)NCc4ccccn4)cc32)cc1. The fourth-order valence-corrected chi connectivity index (χ4v) is 3.40. The lowest BCUT2D eigenvalue weighted by atomic mass is 10.1. The maximum Gasteiger partial charge on any atom is 0.258 e. The summed E-state index contributed by atoms with van der Waals surface area (Å²) in [4.78, 5) is 31.5. The second-order valence-corrected chi connectivity index (χ2v) is 6.78. The van der Waals surface area contributed by atoms with Gasteiger partial charge in [0.15, 0.2) is 0 Å². The van der Waals surface area contributed by atoms with Crippen molar-refractivity contribution >= 4 is 17.5 Å². The molecule has 0 saturated heterocycles. The molecule has 0 saturated carbocycles. The molecule has 1 aliphatic heterocycles. The van der Waals surface area contributed by atoms with Gasteiger partial charge in [-0.25, -0.2) is 0 Å². The largest absolute Gasteiger partial charge is 0.497 e. The molecule has 3 aromatic rings. The van der Waals surface area contributed by atoms with Crippen LogP contribution in [0.15, 0.2) is 66.9 Å². The lowest BCUT2D eigenvalue weighted by Gasteiger charge is -2.18. The maximum atomic E-state index is 13.0. The zero-order valence-corrected chi connectivity index (χ0v) is 16.1. The molecule has 1 aliphatic rings. The molecule has 2 aromatic carbocycles. The predicted molar refractivity (Wildman–Crippen MR) is 110 cm³/mol. The number of anilines is 1. The van der Waals surface area contributed by atoms with Crippen molar-refractivity contribution in [3.63, 3.8) is 0 Å². The monoisotopic (exact) mass is 387 g/mol. The first-order valence-electron chi connectivity index (χ1n) is 9.42. The van der Waals surface area contributed by atoms with Crippen LogP contribution in [0, 0.1) is 0 Å². The molecular weight excluding hydrogens is 366 g/mol. The van der Waals surface area contributed by atoms with Gasteiger partial charge in [0.05, 0.1) is 19.3 Å². The third-order valence-corrected chi connectivity index (χ3v) is 4.98. The Morgan fingerprint density at radius 2 is 1.86 bits per heavy atom. The Hall–Kier alpha value is -3.67. The van der Waals surface area contributed by atoms with Crippen molar-refractivity contribution in [3.05, 3.63) is 89.2 Å². The van der Waals surface area contributed by atoms with Gasteiger partial charge in [-0.2, -0.15) is 0 Å². The molecule has 4 rings (SSSR count). The van der Waals surface area contributed by atoms with Crippen LogP contribution in [-0.2, 0) is 13.0 Å². The minimum atomic E-state index is -0.192. The summed E-state index contributed by atoms with van der Waals surface area (Å²) in [5.74, 6) is 0.426. The van der Waals surface area contributed by atoms with E-state index in [2.05, 4.69) is 10.3 Å². The fraction of sp³-hybridized carbons (Fsp3) is 0.174. The van der Waals surface area contributed by atoms with Crippen LogP contribution >= 0.6 is 0 Å². The van der Waals surface area contributed by atoms with E-state index in [1.54, 1.807) is 54.6 Å². The number of hydrogen-bond donors (Lipinski definition) is 1. The van der Waals surface area contributed by atoms with E-state index in [-0.39, 0.29) is 11.8 Å². The molecule has 0 atom stereocenters. The number of hydrogen-bond acceptors (Lipinski definition) is 4. The standard InChI is InChI=1S/C23H21N3O3/c1-29-20-9-7-17(8-10-20)23(28)26-13-11-16-5-6-18(14-21(16)26)22(27)25-15-19-4-2-3-12-24-19/h2-10,12,14H,11,13,15H2,1H3,(H,25,27). The highest BCUT2D eigenvalue weighted by molar-refractivity contribution is 6.08. The van der Waals surface area contributed by atoms with Crippen LogP contribution in [0.4, 0.5) is 5.69 Å². The Labute approximate surface area is 169 Å². The Bertz CT molecular complexity index is 1030. The molecule has 2 heterocycles. The number of fused-ring (bicyclic) bond motifs is 1. The molecule has 2 amide bonds. The van der Waals surface area contributed by atoms with E-state index in [0.717, 1.165) is 23.4 Å². The first-order chi connectivity index (χ1) is 14.2. The van der Waals surface area contributed by atoms with Crippen molar-refractivity contribution in [1.82, 2.24) is 10.3 Å². The quantitative estimate of drug-likeness (QED) is 0.730. The lowest BCUT2D eigenvalue weighted by Crippen LogP contribution is -2.29. The molecule has 1 N–H and O–H groups in total. The molecule has 0 unspecified atom stereocenters. The molecule has 146 valence electrons. The van der Waals surface area contributed by atoms with Gasteiger partial charge in [0.25, 0.3) is 11.8 Å². The van der Waals surface area contributed by atoms with Crippen LogP contribution in [0.25, 0.3) is 0 Å². The number of nitrogens with zero attached hydrogens (tertiary/aromatic N) is 2. The van der Waals surface area contributed by atoms with Crippen molar-refractivity contribution in [2.24, 2.45) is 0 Å². The second kappa shape index (κ2) is 8.14. The molecule has 29 heavy (non-hydrogen) atoms. The van der Waals surface area contributed by atoms with Crippen molar-refractivity contribution in [2.45, 2.75) is 13.0 Å². The van der Waals surface area contributed by atoms with E-state index in [1.165, 1.54) is 0 Å². The van der Waals surface area contributed by atoms with Crippen LogP contribution in [0.5, 0.6) is 5.75 Å². The summed E-state index contributed by atoms with van der Waals surface area (Å²) in [5, 5.41) is 2.88. The molecule has 0 radical (unpaired) electrons. The third kappa shape index (κ3) is 3.96. The average molecular weight is 387 g/mol. The Balaban J connectivity index is 1.51. The van der Waals surface area contributed by atoms with E-state index >= 15 is 0 Å².